The van der Waals surface area contributed by atoms with Crippen molar-refractivity contribution < 1.29 is 14.3 Å². The number of ether oxygens (including phenoxy) is 2. The van der Waals surface area contributed by atoms with Crippen LogP contribution < -0.4 is 5.73 Å². The summed E-state index contributed by atoms with van der Waals surface area (Å²) < 4.78 is 12.6. The minimum absolute atomic E-state index is 0.0283. The first-order valence-electron chi connectivity index (χ1n) is 13.6. The Morgan fingerprint density at radius 3 is 2.10 bits per heavy atom. The molecule has 0 bridgehead atoms. The van der Waals surface area contributed by atoms with Crippen LogP contribution in [0.15, 0.2) is 101 Å². The SMILES string of the molecule is CCCC(=O)/C(N)=C1\CCC(COCc2ccccc2)(COCc2ccccc2)CC1=Nc1cccc(Cl)c1. The predicted molar refractivity (Wildman–Crippen MR) is 158 cm³/mol. The van der Waals surface area contributed by atoms with Crippen LogP contribution in [-0.2, 0) is 27.5 Å². The van der Waals surface area contributed by atoms with Crippen LogP contribution in [0.25, 0.3) is 0 Å². The van der Waals surface area contributed by atoms with E-state index in [4.69, 9.17) is 31.8 Å². The van der Waals surface area contributed by atoms with E-state index in [1.165, 1.54) is 0 Å². The van der Waals surface area contributed by atoms with Gasteiger partial charge in [0.15, 0.2) is 5.78 Å². The molecule has 39 heavy (non-hydrogen) atoms. The Bertz CT molecular complexity index is 1240. The second-order valence-electron chi connectivity index (χ2n) is 10.2. The molecule has 0 atom stereocenters. The molecule has 1 fully saturated rings. The largest absolute Gasteiger partial charge is 0.396 e. The Hall–Kier alpha value is -3.25. The molecule has 0 saturated heterocycles. The molecule has 1 aliphatic rings. The number of carbonyl (C=O) groups excluding carboxylic acids is 1. The van der Waals surface area contributed by atoms with Crippen LogP contribution in [0.5, 0.6) is 0 Å². The Balaban J connectivity index is 1.62. The Kier molecular flexibility index (Phi) is 10.5. The van der Waals surface area contributed by atoms with Gasteiger partial charge in [0.05, 0.1) is 37.8 Å². The van der Waals surface area contributed by atoms with Gasteiger partial charge in [-0.1, -0.05) is 85.3 Å². The molecule has 0 spiro atoms. The summed E-state index contributed by atoms with van der Waals surface area (Å²) in [5.74, 6) is -0.0283. The highest BCUT2D eigenvalue weighted by Crippen LogP contribution is 2.40. The van der Waals surface area contributed by atoms with E-state index in [0.717, 1.165) is 40.9 Å². The van der Waals surface area contributed by atoms with E-state index in [0.29, 0.717) is 56.4 Å². The van der Waals surface area contributed by atoms with Crippen molar-refractivity contribution in [1.82, 2.24) is 0 Å². The summed E-state index contributed by atoms with van der Waals surface area (Å²) in [6, 6.07) is 27.7. The van der Waals surface area contributed by atoms with Gasteiger partial charge in [-0.3, -0.25) is 9.79 Å². The van der Waals surface area contributed by atoms with Crippen LogP contribution in [0.1, 0.15) is 50.2 Å². The van der Waals surface area contributed by atoms with E-state index in [9.17, 15) is 4.79 Å². The summed E-state index contributed by atoms with van der Waals surface area (Å²) in [7, 11) is 0. The first-order valence-corrected chi connectivity index (χ1v) is 13.9. The lowest BCUT2D eigenvalue weighted by molar-refractivity contribution is -0.115. The van der Waals surface area contributed by atoms with Crippen LogP contribution in [0.4, 0.5) is 5.69 Å². The second kappa shape index (κ2) is 14.2. The molecule has 3 aromatic rings. The Morgan fingerprint density at radius 2 is 1.54 bits per heavy atom. The van der Waals surface area contributed by atoms with E-state index in [2.05, 4.69) is 24.3 Å². The minimum atomic E-state index is -0.321. The van der Waals surface area contributed by atoms with Crippen LogP contribution in [0, 0.1) is 5.41 Å². The minimum Gasteiger partial charge on any atom is -0.396 e. The highest BCUT2D eigenvalue weighted by atomic mass is 35.5. The summed E-state index contributed by atoms with van der Waals surface area (Å²) in [4.78, 5) is 17.8. The fourth-order valence-corrected chi connectivity index (χ4v) is 5.11. The van der Waals surface area contributed by atoms with Crippen molar-refractivity contribution in [1.29, 1.82) is 0 Å². The van der Waals surface area contributed by atoms with Crippen molar-refractivity contribution in [2.45, 2.75) is 52.2 Å². The Morgan fingerprint density at radius 1 is 0.923 bits per heavy atom. The first kappa shape index (κ1) is 28.8. The zero-order valence-electron chi connectivity index (χ0n) is 22.6. The smallest absolute Gasteiger partial charge is 0.178 e. The second-order valence-corrected chi connectivity index (χ2v) is 10.7. The number of nitrogens with zero attached hydrogens (tertiary/aromatic N) is 1. The molecule has 0 aliphatic heterocycles. The third-order valence-electron chi connectivity index (χ3n) is 7.01. The molecule has 3 aromatic carbocycles. The fourth-order valence-electron chi connectivity index (χ4n) is 4.92. The van der Waals surface area contributed by atoms with Gasteiger partial charge in [0.2, 0.25) is 0 Å². The predicted octanol–water partition coefficient (Wildman–Crippen LogP) is 7.60. The molecule has 0 aromatic heterocycles. The molecule has 5 nitrogen and oxygen atoms in total. The lowest BCUT2D eigenvalue weighted by Crippen LogP contribution is -2.39. The molecule has 1 aliphatic carbocycles. The van der Waals surface area contributed by atoms with Crippen molar-refractivity contribution in [2.24, 2.45) is 16.1 Å². The van der Waals surface area contributed by atoms with Gasteiger partial charge < -0.3 is 15.2 Å². The maximum absolute atomic E-state index is 12.8. The highest BCUT2D eigenvalue weighted by Gasteiger charge is 2.39. The number of halogens is 1. The van der Waals surface area contributed by atoms with E-state index >= 15 is 0 Å². The van der Waals surface area contributed by atoms with E-state index in [1.807, 2.05) is 67.6 Å². The summed E-state index contributed by atoms with van der Waals surface area (Å²) in [5, 5.41) is 0.608. The number of Topliss-reactive ketones (excluding diaryl/α,β-unsaturated/α-hetero) is 1. The number of rotatable bonds is 12. The summed E-state index contributed by atoms with van der Waals surface area (Å²) in [6.45, 7) is 4.02. The number of hydrogen-bond donors (Lipinski definition) is 1. The maximum Gasteiger partial charge on any atom is 0.178 e. The van der Waals surface area contributed by atoms with Crippen molar-refractivity contribution in [3.8, 4) is 0 Å². The van der Waals surface area contributed by atoms with Crippen molar-refractivity contribution in [3.05, 3.63) is 112 Å². The number of nitrogens with two attached hydrogens (primary N) is 1. The van der Waals surface area contributed by atoms with Crippen molar-refractivity contribution in [3.63, 3.8) is 0 Å². The molecule has 0 radical (unpaired) electrons. The number of aliphatic imine (C=N–C) groups is 1. The quantitative estimate of drug-likeness (QED) is 0.238. The van der Waals surface area contributed by atoms with Gasteiger partial charge in [-0.25, -0.2) is 0 Å². The average Bonchev–Trinajstić information content (AvgIpc) is 2.94. The van der Waals surface area contributed by atoms with Gasteiger partial charge in [-0.2, -0.15) is 0 Å². The summed E-state index contributed by atoms with van der Waals surface area (Å²) in [6.07, 6.45) is 3.16. The molecular weight excluding hydrogens is 508 g/mol. The highest BCUT2D eigenvalue weighted by molar-refractivity contribution is 6.30. The average molecular weight is 545 g/mol. The third-order valence-corrected chi connectivity index (χ3v) is 7.25. The normalized spacial score (nSPS) is 17.2. The molecule has 1 saturated carbocycles. The first-order chi connectivity index (χ1) is 19.0. The number of benzene rings is 3. The van der Waals surface area contributed by atoms with Crippen LogP contribution in [0.3, 0.4) is 0 Å². The van der Waals surface area contributed by atoms with Gasteiger partial charge in [-0.05, 0) is 48.6 Å². The van der Waals surface area contributed by atoms with Gasteiger partial charge in [-0.15, -0.1) is 0 Å². The molecule has 0 amide bonds. The zero-order valence-corrected chi connectivity index (χ0v) is 23.3. The molecular formula is C33H37ClN2O3. The molecule has 0 heterocycles. The van der Waals surface area contributed by atoms with Gasteiger partial charge >= 0.3 is 0 Å². The Labute approximate surface area is 236 Å². The van der Waals surface area contributed by atoms with E-state index in [1.54, 1.807) is 0 Å². The standard InChI is InChI=1S/C33H37ClN2O3/c1-2-10-31(37)32(35)29-17-18-33(23-38-21-25-11-5-3-6-12-25,24-39-22-26-13-7-4-8-14-26)20-30(29)36-28-16-9-15-27(34)19-28/h3-9,11-16,19H,2,10,17-18,20-24,35H2,1H3/b32-29-,36-30?. The van der Waals surface area contributed by atoms with Crippen LogP contribution >= 0.6 is 11.6 Å². The molecule has 6 heteroatoms. The maximum atomic E-state index is 12.8. The summed E-state index contributed by atoms with van der Waals surface area (Å²) in [5.41, 5.74) is 11.1. The lowest BCUT2D eigenvalue weighted by atomic mass is 9.71. The third kappa shape index (κ3) is 8.37. The zero-order chi connectivity index (χ0) is 27.5. The monoisotopic (exact) mass is 544 g/mol. The van der Waals surface area contributed by atoms with Gasteiger partial charge in [0.25, 0.3) is 0 Å². The summed E-state index contributed by atoms with van der Waals surface area (Å²) >= 11 is 6.26. The molecule has 204 valence electrons. The molecule has 4 rings (SSSR count). The van der Waals surface area contributed by atoms with Crippen LogP contribution in [-0.4, -0.2) is 24.7 Å². The van der Waals surface area contributed by atoms with Gasteiger partial charge in [0, 0.05) is 34.6 Å². The van der Waals surface area contributed by atoms with E-state index in [-0.39, 0.29) is 11.2 Å². The molecule has 2 N–H and O–H groups in total. The van der Waals surface area contributed by atoms with E-state index < -0.39 is 0 Å². The fraction of sp³-hybridized carbons (Fsp3) is 0.333. The number of allylic oxidation sites excluding steroid dienone is 2. The number of hydrogen-bond acceptors (Lipinski definition) is 5. The topological polar surface area (TPSA) is 73.9 Å². The van der Waals surface area contributed by atoms with Crippen LogP contribution in [0.2, 0.25) is 5.02 Å². The van der Waals surface area contributed by atoms with Crippen molar-refractivity contribution in [2.75, 3.05) is 13.2 Å². The van der Waals surface area contributed by atoms with Crippen molar-refractivity contribution >= 4 is 28.8 Å². The van der Waals surface area contributed by atoms with Gasteiger partial charge in [0.1, 0.15) is 0 Å². The number of carbonyl (C=O) groups is 1. The molecule has 0 unspecified atom stereocenters. The number of ketones is 1. The lowest BCUT2D eigenvalue weighted by Gasteiger charge is -2.39.